The summed E-state index contributed by atoms with van der Waals surface area (Å²) in [7, 11) is -12.0. The van der Waals surface area contributed by atoms with Crippen LogP contribution < -0.4 is 75.3 Å². The maximum absolute atomic E-state index is 11.8. The number of amides is 1. The molecule has 4 aromatic rings. The first-order chi connectivity index (χ1) is 29.2. The summed E-state index contributed by atoms with van der Waals surface area (Å²) in [4.78, 5) is 13.7. The number of hydrogen-bond donors (Lipinski definition) is 2. The van der Waals surface area contributed by atoms with Crippen molar-refractivity contribution in [3.63, 3.8) is 0 Å². The van der Waals surface area contributed by atoms with E-state index in [0.717, 1.165) is 57.3 Å². The smallest absolute Gasteiger partial charge is 0.748 e. The van der Waals surface area contributed by atoms with Crippen LogP contribution >= 0.6 is 12.4 Å². The molecule has 2 heterocycles. The Balaban J connectivity index is 0.00000199. The van der Waals surface area contributed by atoms with Gasteiger partial charge in [-0.3, -0.25) is 10.2 Å². The number of carbonyl (C=O) groups excluding carboxylic acids is 1. The summed E-state index contributed by atoms with van der Waals surface area (Å²) < 4.78 is 96.9. The summed E-state index contributed by atoms with van der Waals surface area (Å²) in [5, 5.41) is 3.79. The second-order valence-corrected chi connectivity index (χ2v) is 19.4. The molecule has 0 atom stereocenters. The van der Waals surface area contributed by atoms with Gasteiger partial charge in [0.25, 0.3) is 0 Å². The van der Waals surface area contributed by atoms with Gasteiger partial charge in [0.05, 0.1) is 20.4 Å². The number of rotatable bonds is 16. The molecule has 0 aromatic heterocycles. The minimum absolute atomic E-state index is 0. The maximum Gasteiger partial charge on any atom is 1.00 e. The van der Waals surface area contributed by atoms with Crippen LogP contribution in [0.15, 0.2) is 114 Å². The van der Waals surface area contributed by atoms with E-state index in [0.29, 0.717) is 37.7 Å². The monoisotopic (exact) mass is 984 g/mol. The molecule has 338 valence electrons. The molecule has 20 heteroatoms. The molecule has 0 saturated carbocycles. The van der Waals surface area contributed by atoms with Crippen LogP contribution in [0.3, 0.4) is 0 Å². The zero-order valence-corrected chi connectivity index (χ0v) is 44.6. The summed E-state index contributed by atoms with van der Waals surface area (Å²) in [6.45, 7) is 9.93. The Morgan fingerprint density at radius 1 is 0.815 bits per heavy atom. The Morgan fingerprint density at radius 2 is 1.46 bits per heavy atom. The largest absolute Gasteiger partial charge is 1.00 e. The molecular weight excluding hydrogens is 934 g/mol. The Morgan fingerprint density at radius 3 is 2.12 bits per heavy atom. The number of anilines is 1. The van der Waals surface area contributed by atoms with E-state index < -0.39 is 36.3 Å². The van der Waals surface area contributed by atoms with Gasteiger partial charge in [0.1, 0.15) is 16.7 Å². The number of unbranched alkanes of at least 4 members (excludes halogenated alkanes) is 3. The predicted octanol–water partition coefficient (Wildman–Crippen LogP) is 0.725. The fourth-order valence-electron chi connectivity index (χ4n) is 8.52. The molecule has 0 aliphatic carbocycles. The van der Waals surface area contributed by atoms with Crippen molar-refractivity contribution in [3.05, 3.63) is 126 Å². The SMILES string of the molecule is CC1(C)C(=CC=CC=CC=CC2=[N+](CCCCS(=O)(=O)[O-])c3ccc4c[c-]ccc4c3C2(C)C)N(CCCCCC(=O)NN)c2ccc3cc(S(=O)(=O)[O-])ccc3c21.Cl.O=S(=O)=O.[Na+].[Na+]. The number of benzene rings is 4. The third-order valence-corrected chi connectivity index (χ3v) is 12.8. The van der Waals surface area contributed by atoms with Gasteiger partial charge in [-0.15, -0.1) is 41.9 Å². The number of nitrogens with one attached hydrogen (secondary N) is 1. The van der Waals surface area contributed by atoms with Gasteiger partial charge in [-0.1, -0.05) is 62.8 Å². The van der Waals surface area contributed by atoms with Crippen molar-refractivity contribution in [2.75, 3.05) is 23.7 Å². The van der Waals surface area contributed by atoms with E-state index in [1.165, 1.54) is 17.7 Å². The van der Waals surface area contributed by atoms with Crippen LogP contribution in [-0.2, 0) is 46.5 Å². The molecule has 0 fully saturated rings. The van der Waals surface area contributed by atoms with E-state index in [4.69, 9.17) is 18.5 Å². The average Bonchev–Trinajstić information content (AvgIpc) is 3.55. The minimum atomic E-state index is -4.61. The molecule has 3 N–H and O–H groups in total. The van der Waals surface area contributed by atoms with Crippen LogP contribution in [0.1, 0.15) is 77.3 Å². The Hall–Kier alpha value is -3.01. The number of hydrazine groups is 1. The predicted molar refractivity (Wildman–Crippen MR) is 245 cm³/mol. The van der Waals surface area contributed by atoms with E-state index in [9.17, 15) is 30.7 Å². The third-order valence-electron chi connectivity index (χ3n) is 11.2. The van der Waals surface area contributed by atoms with Gasteiger partial charge in [-0.05, 0) is 79.8 Å². The Labute approximate surface area is 433 Å². The zero-order valence-electron chi connectivity index (χ0n) is 37.4. The molecule has 0 saturated heterocycles. The van der Waals surface area contributed by atoms with Crippen molar-refractivity contribution in [1.29, 1.82) is 0 Å². The molecule has 1 amide bonds. The van der Waals surface area contributed by atoms with Gasteiger partial charge in [-0.25, -0.2) is 22.7 Å². The first-order valence-corrected chi connectivity index (χ1v) is 24.0. The van der Waals surface area contributed by atoms with E-state index in [1.807, 2.05) is 54.6 Å². The minimum Gasteiger partial charge on any atom is -0.748 e. The van der Waals surface area contributed by atoms with E-state index in [2.05, 4.69) is 79.0 Å². The fraction of sp³-hybridized carbons (Fsp3) is 0.333. The third kappa shape index (κ3) is 14.5. The first kappa shape index (κ1) is 58.1. The van der Waals surface area contributed by atoms with Crippen molar-refractivity contribution in [3.8, 4) is 0 Å². The van der Waals surface area contributed by atoms with Gasteiger partial charge in [0.15, 0.2) is 5.71 Å². The van der Waals surface area contributed by atoms with E-state index >= 15 is 0 Å². The second kappa shape index (κ2) is 24.8. The van der Waals surface area contributed by atoms with Crippen LogP contribution in [0, 0.1) is 6.07 Å². The van der Waals surface area contributed by atoms with E-state index in [1.54, 1.807) is 6.07 Å². The number of carbonyl (C=O) groups is 1. The summed E-state index contributed by atoms with van der Waals surface area (Å²) in [5.41, 5.74) is 7.80. The summed E-state index contributed by atoms with van der Waals surface area (Å²) in [5.74, 6) is 4.67. The van der Waals surface area contributed by atoms with Crippen LogP contribution in [0.5, 0.6) is 0 Å². The number of halogens is 1. The second-order valence-electron chi connectivity index (χ2n) is 16.1. The van der Waals surface area contributed by atoms with Gasteiger partial charge < -0.3 is 14.0 Å². The Bertz CT molecular complexity index is 2880. The summed E-state index contributed by atoms with van der Waals surface area (Å²) >= 11 is 0. The number of fused-ring (bicyclic) bond motifs is 6. The fourth-order valence-corrected chi connectivity index (χ4v) is 9.59. The zero-order chi connectivity index (χ0) is 45.5. The quantitative estimate of drug-likeness (QED) is 0.0182. The molecule has 65 heavy (non-hydrogen) atoms. The molecule has 2 aliphatic heterocycles. The van der Waals surface area contributed by atoms with E-state index in [-0.39, 0.29) is 99.9 Å². The standard InChI is InChI=1S/C45H52N4O7S2.ClH.2Na.O3S/c1-44(2)39(49(29-15-16-30-57(51,52)53)37-26-22-32-17-12-13-18-35(32)42(37)44)19-9-6-5-7-10-20-40-45(3,4)43-36-25-24-34(58(54,55)56)31-33(36)23-27-38(43)48(40)28-14-8-11-21-41(50)47-46;;;;1-4(2)3/h5-7,9-10,13,17-20,22-27,31H,8,11,14-16,21,28-30,46H2,1-4H3,(H,47,50)(H,51,52,53)(H,54,55,56);1H;;;/q;;2*+1;/p-2. The van der Waals surface area contributed by atoms with Gasteiger partial charge in [-0.2, -0.15) is 28.8 Å². The number of nitrogens with two attached hydrogens (primary N) is 1. The molecule has 0 radical (unpaired) electrons. The van der Waals surface area contributed by atoms with Crippen LogP contribution in [0.4, 0.5) is 11.4 Å². The maximum atomic E-state index is 11.8. The normalized spacial score (nSPS) is 15.7. The average molecular weight is 986 g/mol. The number of nitrogens with zero attached hydrogens (tertiary/aromatic N) is 2. The molecule has 0 spiro atoms. The van der Waals surface area contributed by atoms with Crippen LogP contribution in [0.25, 0.3) is 21.5 Å². The molecule has 0 bridgehead atoms. The Kier molecular flexibility index (Phi) is 22.2. The van der Waals surface area contributed by atoms with Crippen molar-refractivity contribution in [2.24, 2.45) is 5.84 Å². The molecule has 6 rings (SSSR count). The van der Waals surface area contributed by atoms with Crippen molar-refractivity contribution in [2.45, 2.75) is 81.9 Å². The van der Waals surface area contributed by atoms with Crippen molar-refractivity contribution >= 4 is 87.8 Å². The molecule has 0 unspecified atom stereocenters. The molecule has 4 aromatic carbocycles. The summed E-state index contributed by atoms with van der Waals surface area (Å²) in [6.07, 6.45) is 17.6. The van der Waals surface area contributed by atoms with Crippen molar-refractivity contribution < 1.29 is 107 Å². The van der Waals surface area contributed by atoms with Gasteiger partial charge >= 0.3 is 69.7 Å². The number of allylic oxidation sites excluding steroid dienone is 8. The van der Waals surface area contributed by atoms with Gasteiger partial charge in [0.2, 0.25) is 11.6 Å². The molecule has 2 aliphatic rings. The van der Waals surface area contributed by atoms with Crippen LogP contribution in [0.2, 0.25) is 0 Å². The van der Waals surface area contributed by atoms with Crippen molar-refractivity contribution in [1.82, 2.24) is 5.43 Å². The van der Waals surface area contributed by atoms with Crippen LogP contribution in [-0.4, -0.2) is 73.6 Å². The molecule has 14 nitrogen and oxygen atoms in total. The molecular formula is C45H51ClN4Na2O10S3. The van der Waals surface area contributed by atoms with Gasteiger partial charge in [0, 0.05) is 53.6 Å². The summed E-state index contributed by atoms with van der Waals surface area (Å²) in [6, 6.07) is 21.7. The topological polar surface area (TPSA) is 227 Å². The first-order valence-electron chi connectivity index (χ1n) is 20.0. The number of hydrogen-bond acceptors (Lipinski definition) is 12.